The van der Waals surface area contributed by atoms with Gasteiger partial charge in [-0.3, -0.25) is 25.8 Å². The van der Waals surface area contributed by atoms with Gasteiger partial charge in [0.1, 0.15) is 5.75 Å². The van der Waals surface area contributed by atoms with Gasteiger partial charge in [0.25, 0.3) is 11.8 Å². The lowest BCUT2D eigenvalue weighted by Crippen LogP contribution is -2.51. The molecular weight excluding hydrogens is 468 g/mol. The SMILES string of the molecule is CC(Oc1ccc(Cl)cc1Cl)C(=O)NNC(=S)NC(=O)c1ccc(Cl)cc1Cl. The average Bonchev–Trinajstić information content (AvgIpc) is 2.61. The van der Waals surface area contributed by atoms with Gasteiger partial charge in [-0.15, -0.1) is 0 Å². The molecule has 0 aliphatic heterocycles. The van der Waals surface area contributed by atoms with Gasteiger partial charge in [0.05, 0.1) is 15.6 Å². The van der Waals surface area contributed by atoms with Crippen LogP contribution in [0.25, 0.3) is 0 Å². The number of benzene rings is 2. The molecule has 2 rings (SSSR count). The van der Waals surface area contributed by atoms with E-state index in [1.54, 1.807) is 12.1 Å². The predicted octanol–water partition coefficient (Wildman–Crippen LogP) is 4.40. The van der Waals surface area contributed by atoms with Crippen molar-refractivity contribution in [3.05, 3.63) is 62.1 Å². The van der Waals surface area contributed by atoms with Crippen molar-refractivity contribution in [3.8, 4) is 5.75 Å². The molecule has 1 unspecified atom stereocenters. The summed E-state index contributed by atoms with van der Waals surface area (Å²) in [6, 6.07) is 9.01. The minimum Gasteiger partial charge on any atom is -0.479 e. The van der Waals surface area contributed by atoms with Gasteiger partial charge in [-0.2, -0.15) is 0 Å². The lowest BCUT2D eigenvalue weighted by atomic mass is 10.2. The fraction of sp³-hybridized carbons (Fsp3) is 0.118. The predicted molar refractivity (Wildman–Crippen MR) is 114 cm³/mol. The minimum atomic E-state index is -0.907. The van der Waals surface area contributed by atoms with Crippen molar-refractivity contribution in [2.45, 2.75) is 13.0 Å². The molecule has 0 fully saturated rings. The van der Waals surface area contributed by atoms with Gasteiger partial charge in [-0.05, 0) is 55.5 Å². The van der Waals surface area contributed by atoms with E-state index in [0.29, 0.717) is 15.8 Å². The van der Waals surface area contributed by atoms with Crippen LogP contribution in [-0.4, -0.2) is 23.0 Å². The van der Waals surface area contributed by atoms with Crippen molar-refractivity contribution in [2.24, 2.45) is 0 Å². The van der Waals surface area contributed by atoms with Crippen molar-refractivity contribution in [3.63, 3.8) is 0 Å². The summed E-state index contributed by atoms with van der Waals surface area (Å²) in [4.78, 5) is 24.2. The number of rotatable bonds is 4. The zero-order valence-corrected chi connectivity index (χ0v) is 18.0. The van der Waals surface area contributed by atoms with E-state index in [9.17, 15) is 9.59 Å². The molecule has 3 N–H and O–H groups in total. The Labute approximate surface area is 186 Å². The number of amides is 2. The molecule has 2 aromatic carbocycles. The maximum Gasteiger partial charge on any atom is 0.279 e. The van der Waals surface area contributed by atoms with Crippen LogP contribution in [0.2, 0.25) is 20.1 Å². The molecule has 6 nitrogen and oxygen atoms in total. The fourth-order valence-corrected chi connectivity index (χ4v) is 3.00. The molecule has 0 aliphatic rings. The summed E-state index contributed by atoms with van der Waals surface area (Å²) in [6.45, 7) is 1.51. The number of hydrazine groups is 1. The zero-order valence-electron chi connectivity index (χ0n) is 14.2. The number of nitrogens with one attached hydrogen (secondary N) is 3. The van der Waals surface area contributed by atoms with Crippen molar-refractivity contribution >= 4 is 75.5 Å². The molecule has 2 amide bonds. The Morgan fingerprint density at radius 3 is 2.18 bits per heavy atom. The number of thiocarbonyl (C=S) groups is 1. The second-order valence-corrected chi connectivity index (χ2v) is 7.45. The third-order valence-electron chi connectivity index (χ3n) is 3.27. The monoisotopic (exact) mass is 479 g/mol. The Bertz CT molecular complexity index is 927. The summed E-state index contributed by atoms with van der Waals surface area (Å²) in [5, 5.41) is 3.51. The van der Waals surface area contributed by atoms with Crippen LogP contribution in [0.3, 0.4) is 0 Å². The van der Waals surface area contributed by atoms with Crippen LogP contribution in [-0.2, 0) is 4.79 Å². The normalized spacial score (nSPS) is 11.3. The second kappa shape index (κ2) is 10.1. The zero-order chi connectivity index (χ0) is 20.8. The van der Waals surface area contributed by atoms with Crippen LogP contribution in [0, 0.1) is 0 Å². The van der Waals surface area contributed by atoms with Gasteiger partial charge in [-0.25, -0.2) is 0 Å². The first-order chi connectivity index (χ1) is 13.2. The van der Waals surface area contributed by atoms with E-state index in [1.165, 1.54) is 31.2 Å². The van der Waals surface area contributed by atoms with Crippen molar-refractivity contribution in [2.75, 3.05) is 0 Å². The van der Waals surface area contributed by atoms with Crippen LogP contribution in [0.15, 0.2) is 36.4 Å². The number of hydrogen-bond acceptors (Lipinski definition) is 4. The Hall–Kier alpha value is -1.77. The van der Waals surface area contributed by atoms with Gasteiger partial charge in [0.2, 0.25) is 0 Å². The maximum atomic E-state index is 12.1. The van der Waals surface area contributed by atoms with Crippen LogP contribution in [0.4, 0.5) is 0 Å². The van der Waals surface area contributed by atoms with E-state index in [0.717, 1.165) is 0 Å². The average molecular weight is 481 g/mol. The Balaban J connectivity index is 1.85. The lowest BCUT2D eigenvalue weighted by Gasteiger charge is -2.17. The van der Waals surface area contributed by atoms with Crippen molar-refractivity contribution in [1.29, 1.82) is 0 Å². The van der Waals surface area contributed by atoms with E-state index in [-0.39, 0.29) is 20.7 Å². The molecule has 0 saturated carbocycles. The number of ether oxygens (including phenoxy) is 1. The first-order valence-corrected chi connectivity index (χ1v) is 9.57. The van der Waals surface area contributed by atoms with Gasteiger partial charge in [0, 0.05) is 10.0 Å². The summed E-state index contributed by atoms with van der Waals surface area (Å²) >= 11 is 28.5. The third kappa shape index (κ3) is 6.39. The van der Waals surface area contributed by atoms with E-state index in [1.807, 2.05) is 0 Å². The first kappa shape index (κ1) is 22.5. The van der Waals surface area contributed by atoms with Gasteiger partial charge >= 0.3 is 0 Å². The van der Waals surface area contributed by atoms with Crippen molar-refractivity contribution in [1.82, 2.24) is 16.2 Å². The van der Waals surface area contributed by atoms with Crippen LogP contribution in [0.5, 0.6) is 5.75 Å². The molecule has 0 spiro atoms. The Morgan fingerprint density at radius 2 is 1.57 bits per heavy atom. The van der Waals surface area contributed by atoms with Crippen LogP contribution >= 0.6 is 58.6 Å². The highest BCUT2D eigenvalue weighted by atomic mass is 35.5. The highest BCUT2D eigenvalue weighted by Gasteiger charge is 2.17. The van der Waals surface area contributed by atoms with Crippen LogP contribution in [0.1, 0.15) is 17.3 Å². The van der Waals surface area contributed by atoms with Gasteiger partial charge in [-0.1, -0.05) is 46.4 Å². The van der Waals surface area contributed by atoms with Gasteiger partial charge in [0.15, 0.2) is 11.2 Å². The molecular formula is C17H13Cl4N3O3S. The molecule has 0 aliphatic carbocycles. The quantitative estimate of drug-likeness (QED) is 0.446. The standard InChI is InChI=1S/C17H13Cl4N3O3S/c1-8(27-14-5-3-10(19)7-13(14)21)15(25)23-24-17(28)22-16(26)11-4-2-9(18)6-12(11)20/h2-8H,1H3,(H,23,25)(H2,22,24,26,28). The topological polar surface area (TPSA) is 79.5 Å². The molecule has 0 aromatic heterocycles. The molecule has 0 saturated heterocycles. The summed E-state index contributed by atoms with van der Waals surface area (Å²) in [5.74, 6) is -0.820. The third-order valence-corrected chi connectivity index (χ3v) is 4.55. The summed E-state index contributed by atoms with van der Waals surface area (Å²) in [7, 11) is 0. The minimum absolute atomic E-state index is 0.138. The summed E-state index contributed by atoms with van der Waals surface area (Å²) < 4.78 is 5.47. The van der Waals surface area contributed by atoms with E-state index in [4.69, 9.17) is 63.4 Å². The Morgan fingerprint density at radius 1 is 0.964 bits per heavy atom. The number of carbonyl (C=O) groups is 2. The largest absolute Gasteiger partial charge is 0.479 e. The molecule has 0 radical (unpaired) electrons. The van der Waals surface area contributed by atoms with Gasteiger partial charge < -0.3 is 4.74 Å². The molecule has 0 bridgehead atoms. The van der Waals surface area contributed by atoms with Crippen molar-refractivity contribution < 1.29 is 14.3 Å². The van der Waals surface area contributed by atoms with Crippen LogP contribution < -0.4 is 20.9 Å². The second-order valence-electron chi connectivity index (χ2n) is 5.36. The van der Waals surface area contributed by atoms with E-state index in [2.05, 4.69) is 16.2 Å². The highest BCUT2D eigenvalue weighted by molar-refractivity contribution is 7.80. The number of halogens is 4. The Kier molecular flexibility index (Phi) is 8.15. The number of carbonyl (C=O) groups excluding carboxylic acids is 2. The fourth-order valence-electron chi connectivity index (χ4n) is 1.91. The van der Waals surface area contributed by atoms with E-state index < -0.39 is 17.9 Å². The maximum absolute atomic E-state index is 12.1. The summed E-state index contributed by atoms with van der Waals surface area (Å²) in [5.41, 5.74) is 4.90. The summed E-state index contributed by atoms with van der Waals surface area (Å²) in [6.07, 6.45) is -0.907. The smallest absolute Gasteiger partial charge is 0.279 e. The molecule has 28 heavy (non-hydrogen) atoms. The molecule has 11 heteroatoms. The molecule has 0 heterocycles. The highest BCUT2D eigenvalue weighted by Crippen LogP contribution is 2.28. The first-order valence-electron chi connectivity index (χ1n) is 7.65. The van der Waals surface area contributed by atoms with E-state index >= 15 is 0 Å². The molecule has 1 atom stereocenters. The molecule has 2 aromatic rings. The lowest BCUT2D eigenvalue weighted by molar-refractivity contribution is -0.127. The number of hydrogen-bond donors (Lipinski definition) is 3. The molecule has 148 valence electrons.